The van der Waals surface area contributed by atoms with Gasteiger partial charge in [0.2, 0.25) is 0 Å². The van der Waals surface area contributed by atoms with E-state index >= 15 is 0 Å². The summed E-state index contributed by atoms with van der Waals surface area (Å²) in [5.41, 5.74) is 2.31. The molecule has 0 atom stereocenters. The Kier molecular flexibility index (Phi) is 6.41. The van der Waals surface area contributed by atoms with Crippen LogP contribution in [-0.2, 0) is 0 Å². The van der Waals surface area contributed by atoms with Gasteiger partial charge in [-0.1, -0.05) is 6.07 Å². The molecule has 150 valence electrons. The number of anilines is 2. The first-order valence-electron chi connectivity index (χ1n) is 9.65. The Morgan fingerprint density at radius 1 is 0.929 bits per heavy atom. The van der Waals surface area contributed by atoms with E-state index in [9.17, 15) is 4.79 Å². The highest BCUT2D eigenvalue weighted by molar-refractivity contribution is 6.08. The maximum atomic E-state index is 12.8. The number of piperazine rings is 1. The molecule has 3 rings (SSSR count). The fourth-order valence-electron chi connectivity index (χ4n) is 3.52. The van der Waals surface area contributed by atoms with Crippen molar-refractivity contribution >= 4 is 17.3 Å². The number of nitrogens with zero attached hydrogens (tertiary/aromatic N) is 2. The van der Waals surface area contributed by atoms with Gasteiger partial charge >= 0.3 is 0 Å². The minimum absolute atomic E-state index is 0.257. The van der Waals surface area contributed by atoms with E-state index in [-0.39, 0.29) is 5.91 Å². The summed E-state index contributed by atoms with van der Waals surface area (Å²) in [7, 11) is 3.08. The summed E-state index contributed by atoms with van der Waals surface area (Å²) in [6.07, 6.45) is 0. The van der Waals surface area contributed by atoms with Crippen LogP contribution in [0.15, 0.2) is 42.5 Å². The van der Waals surface area contributed by atoms with Gasteiger partial charge in [0.15, 0.2) is 0 Å². The maximum absolute atomic E-state index is 12.8. The number of carbonyl (C=O) groups excluding carboxylic acids is 1. The SMILES string of the molecule is COc1cccc(OC)c1C(=O)Nc1ccc(N2CCN(C(C)C)CC2)cc1. The summed E-state index contributed by atoms with van der Waals surface area (Å²) in [6, 6.07) is 13.9. The van der Waals surface area contributed by atoms with Crippen molar-refractivity contribution in [3.05, 3.63) is 48.0 Å². The number of methoxy groups -OCH3 is 2. The first kappa shape index (κ1) is 20.0. The van der Waals surface area contributed by atoms with Gasteiger partial charge in [0.05, 0.1) is 14.2 Å². The quantitative estimate of drug-likeness (QED) is 0.828. The van der Waals surface area contributed by atoms with Crippen LogP contribution in [0.1, 0.15) is 24.2 Å². The van der Waals surface area contributed by atoms with E-state index in [1.54, 1.807) is 32.4 Å². The molecule has 0 unspecified atom stereocenters. The van der Waals surface area contributed by atoms with Gasteiger partial charge < -0.3 is 19.7 Å². The first-order chi connectivity index (χ1) is 13.5. The van der Waals surface area contributed by atoms with Crippen LogP contribution in [0.2, 0.25) is 0 Å². The number of hydrogen-bond acceptors (Lipinski definition) is 5. The smallest absolute Gasteiger partial charge is 0.263 e. The predicted octanol–water partition coefficient (Wildman–Crippen LogP) is 3.49. The predicted molar refractivity (Wildman–Crippen MR) is 113 cm³/mol. The van der Waals surface area contributed by atoms with Crippen molar-refractivity contribution in [3.63, 3.8) is 0 Å². The second kappa shape index (κ2) is 8.97. The largest absolute Gasteiger partial charge is 0.496 e. The lowest BCUT2D eigenvalue weighted by molar-refractivity contribution is 0.102. The molecule has 0 bridgehead atoms. The average molecular weight is 383 g/mol. The normalized spacial score (nSPS) is 14.8. The first-order valence-corrected chi connectivity index (χ1v) is 9.65. The Balaban J connectivity index is 1.68. The number of rotatable bonds is 6. The molecule has 0 aliphatic carbocycles. The molecular formula is C22H29N3O3. The molecule has 28 heavy (non-hydrogen) atoms. The van der Waals surface area contributed by atoms with E-state index in [0.717, 1.165) is 31.9 Å². The van der Waals surface area contributed by atoms with Crippen molar-refractivity contribution in [1.82, 2.24) is 4.90 Å². The van der Waals surface area contributed by atoms with Crippen molar-refractivity contribution in [1.29, 1.82) is 0 Å². The van der Waals surface area contributed by atoms with E-state index in [1.807, 2.05) is 12.1 Å². The minimum atomic E-state index is -0.257. The molecule has 0 spiro atoms. The van der Waals surface area contributed by atoms with E-state index in [4.69, 9.17) is 9.47 Å². The van der Waals surface area contributed by atoms with Gasteiger partial charge in [-0.2, -0.15) is 0 Å². The molecule has 1 fully saturated rings. The molecule has 0 aromatic heterocycles. The molecule has 6 nitrogen and oxygen atoms in total. The van der Waals surface area contributed by atoms with Gasteiger partial charge in [-0.15, -0.1) is 0 Å². The zero-order valence-corrected chi connectivity index (χ0v) is 17.1. The number of amides is 1. The number of carbonyl (C=O) groups is 1. The standard InChI is InChI=1S/C22H29N3O3/c1-16(2)24-12-14-25(15-13-24)18-10-8-17(9-11-18)23-22(26)21-19(27-3)6-5-7-20(21)28-4/h5-11,16H,12-15H2,1-4H3,(H,23,26). The zero-order valence-electron chi connectivity index (χ0n) is 17.1. The Labute approximate surface area is 167 Å². The summed E-state index contributed by atoms with van der Waals surface area (Å²) in [5, 5.41) is 2.93. The van der Waals surface area contributed by atoms with Crippen molar-refractivity contribution in [3.8, 4) is 11.5 Å². The third kappa shape index (κ3) is 4.39. The summed E-state index contributed by atoms with van der Waals surface area (Å²) in [6.45, 7) is 8.66. The molecule has 0 saturated carbocycles. The van der Waals surface area contributed by atoms with Gasteiger partial charge in [0.1, 0.15) is 17.1 Å². The Morgan fingerprint density at radius 3 is 2.00 bits per heavy atom. The maximum Gasteiger partial charge on any atom is 0.263 e. The number of nitrogens with one attached hydrogen (secondary N) is 1. The highest BCUT2D eigenvalue weighted by atomic mass is 16.5. The lowest BCUT2D eigenvalue weighted by atomic mass is 10.1. The van der Waals surface area contributed by atoms with Crippen LogP contribution < -0.4 is 19.7 Å². The lowest BCUT2D eigenvalue weighted by Gasteiger charge is -2.38. The summed E-state index contributed by atoms with van der Waals surface area (Å²) < 4.78 is 10.6. The van der Waals surface area contributed by atoms with E-state index in [0.29, 0.717) is 23.1 Å². The van der Waals surface area contributed by atoms with Gasteiger partial charge in [-0.05, 0) is 50.2 Å². The highest BCUT2D eigenvalue weighted by Gasteiger charge is 2.20. The van der Waals surface area contributed by atoms with Crippen LogP contribution >= 0.6 is 0 Å². The topological polar surface area (TPSA) is 54.0 Å². The number of hydrogen-bond donors (Lipinski definition) is 1. The van der Waals surface area contributed by atoms with Gasteiger partial charge in [0, 0.05) is 43.6 Å². The van der Waals surface area contributed by atoms with E-state index in [1.165, 1.54) is 5.69 Å². The van der Waals surface area contributed by atoms with Crippen LogP contribution in [-0.4, -0.2) is 57.2 Å². The van der Waals surface area contributed by atoms with E-state index in [2.05, 4.69) is 41.1 Å². The van der Waals surface area contributed by atoms with Gasteiger partial charge in [-0.3, -0.25) is 9.69 Å². The van der Waals surface area contributed by atoms with Crippen molar-refractivity contribution in [2.75, 3.05) is 50.6 Å². The van der Waals surface area contributed by atoms with Crippen LogP contribution in [0.5, 0.6) is 11.5 Å². The molecule has 1 amide bonds. The Hall–Kier alpha value is -2.73. The van der Waals surface area contributed by atoms with Crippen molar-refractivity contribution in [2.45, 2.75) is 19.9 Å². The molecule has 1 saturated heterocycles. The molecule has 6 heteroatoms. The minimum Gasteiger partial charge on any atom is -0.496 e. The van der Waals surface area contributed by atoms with Crippen molar-refractivity contribution < 1.29 is 14.3 Å². The third-order valence-electron chi connectivity index (χ3n) is 5.19. The second-order valence-electron chi connectivity index (χ2n) is 7.16. The van der Waals surface area contributed by atoms with Gasteiger partial charge in [-0.25, -0.2) is 0 Å². The van der Waals surface area contributed by atoms with Crippen molar-refractivity contribution in [2.24, 2.45) is 0 Å². The molecule has 1 aliphatic heterocycles. The Morgan fingerprint density at radius 2 is 1.50 bits per heavy atom. The summed E-state index contributed by atoms with van der Waals surface area (Å²) >= 11 is 0. The molecule has 1 aliphatic rings. The average Bonchev–Trinajstić information content (AvgIpc) is 2.73. The Bertz CT molecular complexity index is 775. The third-order valence-corrected chi connectivity index (χ3v) is 5.19. The molecule has 1 N–H and O–H groups in total. The molecule has 2 aromatic carbocycles. The molecule has 0 radical (unpaired) electrons. The fourth-order valence-corrected chi connectivity index (χ4v) is 3.52. The zero-order chi connectivity index (χ0) is 20.1. The number of ether oxygens (including phenoxy) is 2. The molecular weight excluding hydrogens is 354 g/mol. The van der Waals surface area contributed by atoms with Crippen LogP contribution in [0, 0.1) is 0 Å². The number of benzene rings is 2. The fraction of sp³-hybridized carbons (Fsp3) is 0.409. The van der Waals surface area contributed by atoms with Gasteiger partial charge in [0.25, 0.3) is 5.91 Å². The monoisotopic (exact) mass is 383 g/mol. The highest BCUT2D eigenvalue weighted by Crippen LogP contribution is 2.29. The summed E-state index contributed by atoms with van der Waals surface area (Å²) in [4.78, 5) is 17.6. The lowest BCUT2D eigenvalue weighted by Crippen LogP contribution is -2.48. The summed E-state index contributed by atoms with van der Waals surface area (Å²) in [5.74, 6) is 0.709. The van der Waals surface area contributed by atoms with E-state index < -0.39 is 0 Å². The molecule has 1 heterocycles. The van der Waals surface area contributed by atoms with Crippen LogP contribution in [0.4, 0.5) is 11.4 Å². The second-order valence-corrected chi connectivity index (χ2v) is 7.16. The van der Waals surface area contributed by atoms with Crippen LogP contribution in [0.25, 0.3) is 0 Å². The van der Waals surface area contributed by atoms with Crippen LogP contribution in [0.3, 0.4) is 0 Å². The molecule has 2 aromatic rings.